The molecule has 0 unspecified atom stereocenters. The quantitative estimate of drug-likeness (QED) is 0.815. The highest BCUT2D eigenvalue weighted by atomic mass is 19.1. The third-order valence-corrected chi connectivity index (χ3v) is 4.28. The molecule has 150 valence electrons. The van der Waals surface area contributed by atoms with E-state index in [0.29, 0.717) is 23.8 Å². The van der Waals surface area contributed by atoms with Crippen LogP contribution in [0, 0.1) is 11.6 Å². The summed E-state index contributed by atoms with van der Waals surface area (Å²) in [4.78, 5) is 29.2. The lowest BCUT2D eigenvalue weighted by Crippen LogP contribution is -2.33. The van der Waals surface area contributed by atoms with Gasteiger partial charge in [0.05, 0.1) is 12.2 Å². The molecule has 1 fully saturated rings. The molecule has 2 N–H and O–H groups in total. The monoisotopic (exact) mass is 391 g/mol. The van der Waals surface area contributed by atoms with Crippen LogP contribution in [0.15, 0.2) is 18.2 Å². The molecular formula is C18H23F2N7O. The summed E-state index contributed by atoms with van der Waals surface area (Å²) in [5.74, 6) is -0.0840. The van der Waals surface area contributed by atoms with Gasteiger partial charge in [0.2, 0.25) is 11.9 Å². The standard InChI is InChI=1S/C18H23F2N7O/c1-26(2)16-23-15(24-17(25-16)27-8-4-3-5-9-27)11-21-18(28)22-14-7-6-12(19)10-13(14)20/h6-7,10H,3-5,8-9,11H2,1-2H3,(H2,21,22,28). The van der Waals surface area contributed by atoms with Gasteiger partial charge in [-0.1, -0.05) is 0 Å². The van der Waals surface area contributed by atoms with E-state index >= 15 is 0 Å². The van der Waals surface area contributed by atoms with Crippen LogP contribution >= 0.6 is 0 Å². The van der Waals surface area contributed by atoms with Crippen molar-refractivity contribution in [3.63, 3.8) is 0 Å². The average molecular weight is 391 g/mol. The number of amides is 2. The number of piperidine rings is 1. The smallest absolute Gasteiger partial charge is 0.319 e. The zero-order chi connectivity index (χ0) is 20.1. The van der Waals surface area contributed by atoms with Crippen LogP contribution in [0.1, 0.15) is 25.1 Å². The summed E-state index contributed by atoms with van der Waals surface area (Å²) < 4.78 is 26.6. The van der Waals surface area contributed by atoms with Crippen molar-refractivity contribution >= 4 is 23.6 Å². The van der Waals surface area contributed by atoms with E-state index in [1.165, 1.54) is 6.42 Å². The molecule has 8 nitrogen and oxygen atoms in total. The van der Waals surface area contributed by atoms with Crippen molar-refractivity contribution in [2.24, 2.45) is 0 Å². The molecular weight excluding hydrogens is 368 g/mol. The van der Waals surface area contributed by atoms with E-state index in [1.807, 2.05) is 14.1 Å². The normalized spacial score (nSPS) is 13.9. The number of urea groups is 1. The fourth-order valence-electron chi connectivity index (χ4n) is 2.83. The highest BCUT2D eigenvalue weighted by Crippen LogP contribution is 2.18. The van der Waals surface area contributed by atoms with Crippen molar-refractivity contribution in [2.75, 3.05) is 42.3 Å². The molecule has 1 aliphatic heterocycles. The van der Waals surface area contributed by atoms with E-state index in [4.69, 9.17) is 0 Å². The maximum Gasteiger partial charge on any atom is 0.319 e. The van der Waals surface area contributed by atoms with E-state index in [1.54, 1.807) is 4.90 Å². The topological polar surface area (TPSA) is 86.3 Å². The highest BCUT2D eigenvalue weighted by molar-refractivity contribution is 5.89. The number of hydrogen-bond donors (Lipinski definition) is 2. The fourth-order valence-corrected chi connectivity index (χ4v) is 2.83. The molecule has 1 saturated heterocycles. The minimum atomic E-state index is -0.849. The lowest BCUT2D eigenvalue weighted by Gasteiger charge is -2.27. The molecule has 0 bridgehead atoms. The Morgan fingerprint density at radius 2 is 1.89 bits per heavy atom. The molecule has 2 aromatic rings. The molecule has 10 heteroatoms. The van der Waals surface area contributed by atoms with E-state index in [2.05, 4.69) is 30.5 Å². The van der Waals surface area contributed by atoms with Crippen molar-refractivity contribution in [1.29, 1.82) is 0 Å². The maximum atomic E-state index is 13.6. The van der Waals surface area contributed by atoms with E-state index < -0.39 is 17.7 Å². The Labute approximate surface area is 162 Å². The van der Waals surface area contributed by atoms with Gasteiger partial charge in [0.1, 0.15) is 11.6 Å². The second kappa shape index (κ2) is 8.77. The number of aromatic nitrogens is 3. The number of rotatable bonds is 5. The van der Waals surface area contributed by atoms with Crippen molar-refractivity contribution in [3.05, 3.63) is 35.7 Å². The molecule has 0 aliphatic carbocycles. The number of nitrogens with one attached hydrogen (secondary N) is 2. The molecule has 2 amide bonds. The number of nitrogens with zero attached hydrogens (tertiary/aromatic N) is 5. The second-order valence-corrected chi connectivity index (χ2v) is 6.73. The van der Waals surface area contributed by atoms with Crippen LogP contribution in [0.5, 0.6) is 0 Å². The third-order valence-electron chi connectivity index (χ3n) is 4.28. The minimum absolute atomic E-state index is 0.0405. The number of anilines is 3. The van der Waals surface area contributed by atoms with Crippen LogP contribution in [-0.4, -0.2) is 48.2 Å². The summed E-state index contributed by atoms with van der Waals surface area (Å²) in [7, 11) is 3.66. The summed E-state index contributed by atoms with van der Waals surface area (Å²) in [6.07, 6.45) is 3.36. The Morgan fingerprint density at radius 3 is 2.57 bits per heavy atom. The Hall–Kier alpha value is -3.04. The van der Waals surface area contributed by atoms with Gasteiger partial charge < -0.3 is 20.4 Å². The van der Waals surface area contributed by atoms with Crippen LogP contribution in [0.4, 0.5) is 31.2 Å². The van der Waals surface area contributed by atoms with Gasteiger partial charge in [0.15, 0.2) is 5.82 Å². The van der Waals surface area contributed by atoms with Gasteiger partial charge in [-0.25, -0.2) is 13.6 Å². The van der Waals surface area contributed by atoms with Crippen LogP contribution in [0.2, 0.25) is 0 Å². The first kappa shape index (κ1) is 19.7. The Bertz CT molecular complexity index is 841. The summed E-state index contributed by atoms with van der Waals surface area (Å²) in [6, 6.07) is 2.29. The zero-order valence-corrected chi connectivity index (χ0v) is 15.9. The summed E-state index contributed by atoms with van der Waals surface area (Å²) in [5.41, 5.74) is -0.113. The molecule has 2 heterocycles. The van der Waals surface area contributed by atoms with E-state index in [0.717, 1.165) is 38.1 Å². The van der Waals surface area contributed by atoms with Crippen LogP contribution in [0.3, 0.4) is 0 Å². The Balaban J connectivity index is 1.68. The Morgan fingerprint density at radius 1 is 1.14 bits per heavy atom. The Kier molecular flexibility index (Phi) is 6.17. The number of carbonyl (C=O) groups is 1. The minimum Gasteiger partial charge on any atom is -0.347 e. The van der Waals surface area contributed by atoms with Crippen LogP contribution < -0.4 is 20.4 Å². The van der Waals surface area contributed by atoms with Gasteiger partial charge in [-0.2, -0.15) is 15.0 Å². The summed E-state index contributed by atoms with van der Waals surface area (Å²) >= 11 is 0. The summed E-state index contributed by atoms with van der Waals surface area (Å²) in [5, 5.41) is 4.92. The van der Waals surface area contributed by atoms with E-state index in [-0.39, 0.29) is 12.2 Å². The third kappa shape index (κ3) is 5.02. The van der Waals surface area contributed by atoms with Crippen molar-refractivity contribution < 1.29 is 13.6 Å². The molecule has 28 heavy (non-hydrogen) atoms. The van der Waals surface area contributed by atoms with Gasteiger partial charge >= 0.3 is 6.03 Å². The molecule has 1 aromatic heterocycles. The fraction of sp³-hybridized carbons (Fsp3) is 0.444. The first-order valence-corrected chi connectivity index (χ1v) is 9.09. The van der Waals surface area contributed by atoms with Gasteiger partial charge in [0.25, 0.3) is 0 Å². The first-order chi connectivity index (χ1) is 13.4. The second-order valence-electron chi connectivity index (χ2n) is 6.73. The highest BCUT2D eigenvalue weighted by Gasteiger charge is 2.17. The molecule has 3 rings (SSSR count). The predicted octanol–water partition coefficient (Wildman–Crippen LogP) is 2.53. The SMILES string of the molecule is CN(C)c1nc(CNC(=O)Nc2ccc(F)cc2F)nc(N2CCCCC2)n1. The van der Waals surface area contributed by atoms with Crippen molar-refractivity contribution in [3.8, 4) is 0 Å². The van der Waals surface area contributed by atoms with Crippen LogP contribution in [-0.2, 0) is 6.54 Å². The van der Waals surface area contributed by atoms with Gasteiger partial charge in [-0.05, 0) is 31.4 Å². The number of hydrogen-bond acceptors (Lipinski definition) is 6. The summed E-state index contributed by atoms with van der Waals surface area (Å²) in [6.45, 7) is 1.81. The lowest BCUT2D eigenvalue weighted by molar-refractivity contribution is 0.251. The van der Waals surface area contributed by atoms with E-state index in [9.17, 15) is 13.6 Å². The molecule has 1 aliphatic rings. The molecule has 1 aromatic carbocycles. The van der Waals surface area contributed by atoms with Crippen molar-refractivity contribution in [1.82, 2.24) is 20.3 Å². The number of carbonyl (C=O) groups excluding carboxylic acids is 1. The van der Waals surface area contributed by atoms with Crippen molar-refractivity contribution in [2.45, 2.75) is 25.8 Å². The lowest BCUT2D eigenvalue weighted by atomic mass is 10.1. The average Bonchev–Trinajstić information content (AvgIpc) is 2.69. The molecule has 0 atom stereocenters. The molecule has 0 saturated carbocycles. The van der Waals surface area contributed by atoms with Gasteiger partial charge in [-0.3, -0.25) is 0 Å². The largest absolute Gasteiger partial charge is 0.347 e. The molecule has 0 radical (unpaired) electrons. The van der Waals surface area contributed by atoms with Gasteiger partial charge in [0, 0.05) is 33.3 Å². The predicted molar refractivity (Wildman–Crippen MR) is 102 cm³/mol. The number of halogens is 2. The van der Waals surface area contributed by atoms with Gasteiger partial charge in [-0.15, -0.1) is 0 Å². The first-order valence-electron chi connectivity index (χ1n) is 9.09. The zero-order valence-electron chi connectivity index (χ0n) is 15.9. The maximum absolute atomic E-state index is 13.6. The molecule has 0 spiro atoms. The number of benzene rings is 1. The van der Waals surface area contributed by atoms with Crippen LogP contribution in [0.25, 0.3) is 0 Å².